The van der Waals surface area contributed by atoms with Gasteiger partial charge in [0.2, 0.25) is 0 Å². The third-order valence-corrected chi connectivity index (χ3v) is 2.42. The average Bonchev–Trinajstić information content (AvgIpc) is 2.83. The molecule has 2 N–H and O–H groups in total. The average molecular weight is 247 g/mol. The number of aromatic amines is 1. The van der Waals surface area contributed by atoms with Gasteiger partial charge in [0, 0.05) is 11.9 Å². The zero-order valence-electron chi connectivity index (χ0n) is 9.90. The van der Waals surface area contributed by atoms with Gasteiger partial charge in [-0.25, -0.2) is 4.79 Å². The Balaban J connectivity index is 1.97. The molecule has 0 radical (unpaired) electrons. The smallest absolute Gasteiger partial charge is 0.396 e. The zero-order valence-corrected chi connectivity index (χ0v) is 9.90. The van der Waals surface area contributed by atoms with Gasteiger partial charge in [0.15, 0.2) is 0 Å². The highest BCUT2D eigenvalue weighted by atomic mass is 16.5. The first kappa shape index (κ1) is 12.1. The van der Waals surface area contributed by atoms with Gasteiger partial charge in [0.05, 0.1) is 18.3 Å². The number of carbonyl (C=O) groups excluding carboxylic acids is 2. The van der Waals surface area contributed by atoms with Gasteiger partial charge >= 0.3 is 11.9 Å². The van der Waals surface area contributed by atoms with E-state index in [1.807, 2.05) is 18.2 Å². The van der Waals surface area contributed by atoms with E-state index in [1.165, 1.54) is 0 Å². The number of hydrogen-bond donors (Lipinski definition) is 2. The van der Waals surface area contributed by atoms with Crippen LogP contribution in [0.2, 0.25) is 0 Å². The number of nitrogens with zero attached hydrogens (tertiary/aromatic N) is 1. The summed E-state index contributed by atoms with van der Waals surface area (Å²) in [5.41, 5.74) is 1.77. The molecule has 0 bridgehead atoms. The SMILES string of the molecule is CCOC(=O)C(=O)NCc1ccc2cn[nH]c2c1. The van der Waals surface area contributed by atoms with E-state index in [0.717, 1.165) is 16.5 Å². The number of carbonyl (C=O) groups is 2. The minimum absolute atomic E-state index is 0.187. The van der Waals surface area contributed by atoms with Gasteiger partial charge in [-0.15, -0.1) is 0 Å². The van der Waals surface area contributed by atoms with Gasteiger partial charge in [0.1, 0.15) is 0 Å². The second kappa shape index (κ2) is 5.31. The summed E-state index contributed by atoms with van der Waals surface area (Å²) in [7, 11) is 0. The van der Waals surface area contributed by atoms with Crippen LogP contribution in [0.3, 0.4) is 0 Å². The van der Waals surface area contributed by atoms with Crippen molar-refractivity contribution in [2.45, 2.75) is 13.5 Å². The lowest BCUT2D eigenvalue weighted by molar-refractivity contribution is -0.154. The Labute approximate surface area is 103 Å². The fourth-order valence-corrected chi connectivity index (χ4v) is 1.55. The minimum atomic E-state index is -0.861. The summed E-state index contributed by atoms with van der Waals surface area (Å²) in [6.07, 6.45) is 1.72. The molecular formula is C12H13N3O3. The molecule has 6 heteroatoms. The molecule has 1 heterocycles. The monoisotopic (exact) mass is 247 g/mol. The summed E-state index contributed by atoms with van der Waals surface area (Å²) < 4.78 is 4.58. The second-order valence-corrected chi connectivity index (χ2v) is 3.69. The van der Waals surface area contributed by atoms with E-state index in [0.29, 0.717) is 0 Å². The van der Waals surface area contributed by atoms with E-state index in [4.69, 9.17) is 0 Å². The quantitative estimate of drug-likeness (QED) is 0.619. The number of fused-ring (bicyclic) bond motifs is 1. The number of hydrogen-bond acceptors (Lipinski definition) is 4. The van der Waals surface area contributed by atoms with Gasteiger partial charge < -0.3 is 10.1 Å². The van der Waals surface area contributed by atoms with E-state index in [1.54, 1.807) is 13.1 Å². The predicted octanol–water partition coefficient (Wildman–Crippen LogP) is 0.742. The van der Waals surface area contributed by atoms with E-state index in [2.05, 4.69) is 20.3 Å². The Morgan fingerprint density at radius 1 is 1.44 bits per heavy atom. The third-order valence-electron chi connectivity index (χ3n) is 2.42. The molecule has 1 aromatic carbocycles. The van der Waals surface area contributed by atoms with Crippen LogP contribution < -0.4 is 5.32 Å². The Morgan fingerprint density at radius 3 is 3.06 bits per heavy atom. The normalized spacial score (nSPS) is 10.3. The number of rotatable bonds is 3. The second-order valence-electron chi connectivity index (χ2n) is 3.69. The fraction of sp³-hybridized carbons (Fsp3) is 0.250. The van der Waals surface area contributed by atoms with Crippen molar-refractivity contribution in [3.8, 4) is 0 Å². The molecule has 0 aliphatic heterocycles. The minimum Gasteiger partial charge on any atom is -0.459 e. The van der Waals surface area contributed by atoms with Crippen molar-refractivity contribution >= 4 is 22.8 Å². The van der Waals surface area contributed by atoms with Gasteiger partial charge in [-0.2, -0.15) is 5.10 Å². The summed E-state index contributed by atoms with van der Waals surface area (Å²) in [6.45, 7) is 2.11. The van der Waals surface area contributed by atoms with Crippen LogP contribution in [0.15, 0.2) is 24.4 Å². The van der Waals surface area contributed by atoms with E-state index >= 15 is 0 Å². The van der Waals surface area contributed by atoms with Crippen LogP contribution in [0.4, 0.5) is 0 Å². The Hall–Kier alpha value is -2.37. The number of ether oxygens (including phenoxy) is 1. The molecule has 0 atom stereocenters. The van der Waals surface area contributed by atoms with Crippen molar-refractivity contribution in [3.05, 3.63) is 30.0 Å². The summed E-state index contributed by atoms with van der Waals surface area (Å²) in [4.78, 5) is 22.4. The first-order valence-corrected chi connectivity index (χ1v) is 5.57. The van der Waals surface area contributed by atoms with Gasteiger partial charge in [-0.3, -0.25) is 9.89 Å². The van der Waals surface area contributed by atoms with Crippen LogP contribution >= 0.6 is 0 Å². The van der Waals surface area contributed by atoms with Gasteiger partial charge in [-0.1, -0.05) is 12.1 Å². The lowest BCUT2D eigenvalue weighted by Crippen LogP contribution is -2.32. The van der Waals surface area contributed by atoms with Crippen molar-refractivity contribution in [1.82, 2.24) is 15.5 Å². The lowest BCUT2D eigenvalue weighted by Gasteiger charge is -2.04. The molecule has 0 unspecified atom stereocenters. The largest absolute Gasteiger partial charge is 0.459 e. The van der Waals surface area contributed by atoms with Gasteiger partial charge in [0.25, 0.3) is 0 Å². The topological polar surface area (TPSA) is 84.1 Å². The molecule has 18 heavy (non-hydrogen) atoms. The molecule has 6 nitrogen and oxygen atoms in total. The van der Waals surface area contributed by atoms with Crippen LogP contribution in [0.25, 0.3) is 10.9 Å². The predicted molar refractivity (Wildman–Crippen MR) is 64.6 cm³/mol. The van der Waals surface area contributed by atoms with Crippen LogP contribution in [-0.4, -0.2) is 28.7 Å². The highest BCUT2D eigenvalue weighted by molar-refractivity contribution is 6.32. The maximum Gasteiger partial charge on any atom is 0.396 e. The summed E-state index contributed by atoms with van der Waals surface area (Å²) >= 11 is 0. The number of amides is 1. The van der Waals surface area contributed by atoms with Crippen molar-refractivity contribution in [3.63, 3.8) is 0 Å². The number of aromatic nitrogens is 2. The zero-order chi connectivity index (χ0) is 13.0. The van der Waals surface area contributed by atoms with Crippen molar-refractivity contribution < 1.29 is 14.3 Å². The van der Waals surface area contributed by atoms with E-state index < -0.39 is 11.9 Å². The molecule has 2 aromatic rings. The first-order chi connectivity index (χ1) is 8.70. The molecule has 0 fully saturated rings. The third kappa shape index (κ3) is 2.65. The first-order valence-electron chi connectivity index (χ1n) is 5.57. The molecule has 94 valence electrons. The number of H-pyrrole nitrogens is 1. The molecule has 1 amide bonds. The molecule has 0 aliphatic carbocycles. The molecule has 0 saturated carbocycles. The van der Waals surface area contributed by atoms with E-state index in [9.17, 15) is 9.59 Å². The summed E-state index contributed by atoms with van der Waals surface area (Å²) in [6, 6.07) is 5.63. The summed E-state index contributed by atoms with van der Waals surface area (Å²) in [5, 5.41) is 10.2. The maximum atomic E-state index is 11.3. The van der Waals surface area contributed by atoms with Crippen LogP contribution in [-0.2, 0) is 20.9 Å². The van der Waals surface area contributed by atoms with Crippen molar-refractivity contribution in [2.24, 2.45) is 0 Å². The Bertz CT molecular complexity index is 577. The Morgan fingerprint density at radius 2 is 2.28 bits per heavy atom. The van der Waals surface area contributed by atoms with Crippen molar-refractivity contribution in [1.29, 1.82) is 0 Å². The fourth-order valence-electron chi connectivity index (χ4n) is 1.55. The number of esters is 1. The van der Waals surface area contributed by atoms with Crippen LogP contribution in [0.5, 0.6) is 0 Å². The summed E-state index contributed by atoms with van der Waals surface area (Å²) in [5.74, 6) is -1.60. The molecule has 1 aromatic heterocycles. The molecule has 0 aliphatic rings. The molecular weight excluding hydrogens is 234 g/mol. The number of nitrogens with one attached hydrogen (secondary N) is 2. The number of benzene rings is 1. The molecule has 0 spiro atoms. The molecule has 0 saturated heterocycles. The molecule has 2 rings (SSSR count). The van der Waals surface area contributed by atoms with Crippen LogP contribution in [0.1, 0.15) is 12.5 Å². The van der Waals surface area contributed by atoms with Crippen molar-refractivity contribution in [2.75, 3.05) is 6.61 Å². The highest BCUT2D eigenvalue weighted by Crippen LogP contribution is 2.12. The van der Waals surface area contributed by atoms with Crippen LogP contribution in [0, 0.1) is 0 Å². The van der Waals surface area contributed by atoms with Gasteiger partial charge in [-0.05, 0) is 18.6 Å². The van der Waals surface area contributed by atoms with E-state index in [-0.39, 0.29) is 13.2 Å². The maximum absolute atomic E-state index is 11.3. The standard InChI is InChI=1S/C12H13N3O3/c1-2-18-12(17)11(16)13-6-8-3-4-9-7-14-15-10(9)5-8/h3-5,7H,2,6H2,1H3,(H,13,16)(H,14,15). The highest BCUT2D eigenvalue weighted by Gasteiger charge is 2.13. The Kier molecular flexibility index (Phi) is 3.57. The lowest BCUT2D eigenvalue weighted by atomic mass is 10.1.